The summed E-state index contributed by atoms with van der Waals surface area (Å²) in [6.45, 7) is 1.20. The van der Waals surface area contributed by atoms with E-state index in [1.807, 2.05) is 66.7 Å². The number of aliphatic imine (C=N–C) groups is 1. The Morgan fingerprint density at radius 2 is 1.79 bits per heavy atom. The molecular formula is C20H15ClN2O. The number of hydrogen-bond acceptors (Lipinski definition) is 2. The number of rotatable bonds is 2. The third-order valence-corrected chi connectivity index (χ3v) is 4.42. The summed E-state index contributed by atoms with van der Waals surface area (Å²) in [5.74, 6) is 0.665. The molecule has 0 saturated carbocycles. The molecule has 0 bridgehead atoms. The summed E-state index contributed by atoms with van der Waals surface area (Å²) >= 11 is 6.09. The lowest BCUT2D eigenvalue weighted by Gasteiger charge is -2.19. The van der Waals surface area contributed by atoms with E-state index in [2.05, 4.69) is 4.99 Å². The molecule has 24 heavy (non-hydrogen) atoms. The normalized spacial score (nSPS) is 14.0. The van der Waals surface area contributed by atoms with Gasteiger partial charge in [0.2, 0.25) is 0 Å². The second-order valence-corrected chi connectivity index (χ2v) is 6.14. The first-order chi connectivity index (χ1) is 11.7. The quantitative estimate of drug-likeness (QED) is 0.684. The number of carbonyl (C=O) groups excluding carboxylic acids is 1. The Hall–Kier alpha value is -2.65. The molecule has 0 N–H and O–H groups in total. The van der Waals surface area contributed by atoms with Crippen molar-refractivity contribution in [2.45, 2.75) is 0 Å². The highest BCUT2D eigenvalue weighted by atomic mass is 35.5. The fraction of sp³-hybridized carbons (Fsp3) is 0.100. The summed E-state index contributed by atoms with van der Waals surface area (Å²) in [6.07, 6.45) is 0. The van der Waals surface area contributed by atoms with Gasteiger partial charge in [-0.15, -0.1) is 0 Å². The molecule has 1 heterocycles. The van der Waals surface area contributed by atoms with Crippen LogP contribution in [-0.2, 0) is 0 Å². The minimum Gasteiger partial charge on any atom is -0.291 e. The van der Waals surface area contributed by atoms with E-state index in [0.29, 0.717) is 29.5 Å². The number of benzene rings is 3. The van der Waals surface area contributed by atoms with Crippen LogP contribution in [0.15, 0.2) is 71.7 Å². The SMILES string of the molecule is O=C(c1cccc2ccccc12)N1CCN=C1c1cccc(Cl)c1. The smallest absolute Gasteiger partial charge is 0.260 e. The highest BCUT2D eigenvalue weighted by Crippen LogP contribution is 2.23. The second-order valence-electron chi connectivity index (χ2n) is 5.70. The number of nitrogens with zero attached hydrogens (tertiary/aromatic N) is 2. The lowest BCUT2D eigenvalue weighted by atomic mass is 10.0. The Balaban J connectivity index is 1.75. The zero-order valence-corrected chi connectivity index (χ0v) is 13.7. The van der Waals surface area contributed by atoms with E-state index < -0.39 is 0 Å². The summed E-state index contributed by atoms with van der Waals surface area (Å²) in [5, 5.41) is 2.66. The summed E-state index contributed by atoms with van der Waals surface area (Å²) in [4.78, 5) is 19.4. The standard InChI is InChI=1S/C20H15ClN2O/c21-16-8-3-7-15(13-16)19-22-11-12-23(19)20(24)18-10-4-6-14-5-1-2-9-17(14)18/h1-10,13H,11-12H2. The van der Waals surface area contributed by atoms with Gasteiger partial charge in [0.15, 0.2) is 0 Å². The zero-order valence-electron chi connectivity index (χ0n) is 12.9. The Kier molecular flexibility index (Phi) is 3.79. The minimum atomic E-state index is -0.0250. The van der Waals surface area contributed by atoms with Gasteiger partial charge in [0.1, 0.15) is 5.84 Å². The molecule has 0 atom stereocenters. The van der Waals surface area contributed by atoms with Crippen molar-refractivity contribution >= 4 is 34.1 Å². The van der Waals surface area contributed by atoms with Crippen LogP contribution in [0.2, 0.25) is 5.02 Å². The molecule has 1 amide bonds. The fourth-order valence-electron chi connectivity index (χ4n) is 3.08. The maximum atomic E-state index is 13.1. The highest BCUT2D eigenvalue weighted by molar-refractivity contribution is 6.31. The Bertz CT molecular complexity index is 959. The van der Waals surface area contributed by atoms with E-state index in [4.69, 9.17) is 11.6 Å². The van der Waals surface area contributed by atoms with Crippen molar-refractivity contribution in [2.24, 2.45) is 4.99 Å². The van der Waals surface area contributed by atoms with Crippen LogP contribution < -0.4 is 0 Å². The monoisotopic (exact) mass is 334 g/mol. The van der Waals surface area contributed by atoms with E-state index in [0.717, 1.165) is 16.3 Å². The largest absolute Gasteiger partial charge is 0.291 e. The van der Waals surface area contributed by atoms with Gasteiger partial charge in [-0.3, -0.25) is 14.7 Å². The van der Waals surface area contributed by atoms with E-state index in [1.54, 1.807) is 4.90 Å². The number of hydrogen-bond donors (Lipinski definition) is 0. The molecule has 0 spiro atoms. The molecule has 4 heteroatoms. The molecular weight excluding hydrogens is 320 g/mol. The predicted molar refractivity (Wildman–Crippen MR) is 97.8 cm³/mol. The van der Waals surface area contributed by atoms with Crippen molar-refractivity contribution < 1.29 is 4.79 Å². The van der Waals surface area contributed by atoms with Gasteiger partial charge >= 0.3 is 0 Å². The van der Waals surface area contributed by atoms with Crippen LogP contribution in [0.1, 0.15) is 15.9 Å². The van der Waals surface area contributed by atoms with Crippen LogP contribution in [0.25, 0.3) is 10.8 Å². The van der Waals surface area contributed by atoms with Gasteiger partial charge < -0.3 is 0 Å². The average molecular weight is 335 g/mol. The number of halogens is 1. The van der Waals surface area contributed by atoms with Crippen LogP contribution in [-0.4, -0.2) is 29.7 Å². The topological polar surface area (TPSA) is 32.7 Å². The molecule has 3 nitrogen and oxygen atoms in total. The first-order valence-electron chi connectivity index (χ1n) is 7.84. The van der Waals surface area contributed by atoms with Gasteiger partial charge in [0.25, 0.3) is 5.91 Å². The van der Waals surface area contributed by atoms with Crippen LogP contribution >= 0.6 is 11.6 Å². The number of fused-ring (bicyclic) bond motifs is 1. The molecule has 118 valence electrons. The third-order valence-electron chi connectivity index (χ3n) is 4.19. The Morgan fingerprint density at radius 1 is 1.00 bits per heavy atom. The Morgan fingerprint density at radius 3 is 2.67 bits per heavy atom. The number of carbonyl (C=O) groups is 1. The maximum absolute atomic E-state index is 13.1. The van der Waals surface area contributed by atoms with Crippen molar-refractivity contribution in [3.05, 3.63) is 82.9 Å². The minimum absolute atomic E-state index is 0.0250. The molecule has 3 aromatic rings. The van der Waals surface area contributed by atoms with E-state index in [-0.39, 0.29) is 5.91 Å². The first-order valence-corrected chi connectivity index (χ1v) is 8.22. The lowest BCUT2D eigenvalue weighted by Crippen LogP contribution is -2.35. The summed E-state index contributed by atoms with van der Waals surface area (Å²) < 4.78 is 0. The summed E-state index contributed by atoms with van der Waals surface area (Å²) in [6, 6.07) is 21.2. The van der Waals surface area contributed by atoms with Crippen molar-refractivity contribution in [3.63, 3.8) is 0 Å². The average Bonchev–Trinajstić information content (AvgIpc) is 3.10. The summed E-state index contributed by atoms with van der Waals surface area (Å²) in [5.41, 5.74) is 1.57. The van der Waals surface area contributed by atoms with E-state index in [9.17, 15) is 4.79 Å². The molecule has 0 saturated heterocycles. The molecule has 0 aliphatic carbocycles. The van der Waals surface area contributed by atoms with Gasteiger partial charge in [-0.2, -0.15) is 0 Å². The molecule has 0 unspecified atom stereocenters. The molecule has 3 aromatic carbocycles. The number of amidine groups is 1. The van der Waals surface area contributed by atoms with Crippen molar-refractivity contribution in [3.8, 4) is 0 Å². The van der Waals surface area contributed by atoms with Crippen LogP contribution in [0.5, 0.6) is 0 Å². The summed E-state index contributed by atoms with van der Waals surface area (Å²) in [7, 11) is 0. The van der Waals surface area contributed by atoms with E-state index >= 15 is 0 Å². The fourth-order valence-corrected chi connectivity index (χ4v) is 3.27. The van der Waals surface area contributed by atoms with Gasteiger partial charge in [-0.1, -0.05) is 60.1 Å². The van der Waals surface area contributed by atoms with Gasteiger partial charge in [-0.05, 0) is 29.0 Å². The molecule has 0 radical (unpaired) electrons. The molecule has 1 aliphatic rings. The molecule has 4 rings (SSSR count). The molecule has 0 fully saturated rings. The first kappa shape index (κ1) is 14.9. The van der Waals surface area contributed by atoms with Gasteiger partial charge in [0.05, 0.1) is 6.54 Å². The van der Waals surface area contributed by atoms with Crippen LogP contribution in [0.3, 0.4) is 0 Å². The van der Waals surface area contributed by atoms with Crippen molar-refractivity contribution in [2.75, 3.05) is 13.1 Å². The van der Waals surface area contributed by atoms with Gasteiger partial charge in [0, 0.05) is 22.7 Å². The maximum Gasteiger partial charge on any atom is 0.260 e. The van der Waals surface area contributed by atoms with Crippen molar-refractivity contribution in [1.29, 1.82) is 0 Å². The van der Waals surface area contributed by atoms with Gasteiger partial charge in [-0.25, -0.2) is 0 Å². The third kappa shape index (κ3) is 2.57. The van der Waals surface area contributed by atoms with Crippen molar-refractivity contribution in [1.82, 2.24) is 4.90 Å². The predicted octanol–water partition coefficient (Wildman–Crippen LogP) is 4.40. The zero-order chi connectivity index (χ0) is 16.5. The highest BCUT2D eigenvalue weighted by Gasteiger charge is 2.26. The van der Waals surface area contributed by atoms with Crippen LogP contribution in [0, 0.1) is 0 Å². The molecule has 0 aromatic heterocycles. The second kappa shape index (κ2) is 6.10. The number of amides is 1. The molecule has 1 aliphatic heterocycles. The lowest BCUT2D eigenvalue weighted by molar-refractivity contribution is 0.0860. The van der Waals surface area contributed by atoms with Crippen LogP contribution in [0.4, 0.5) is 0 Å². The Labute approximate surface area is 145 Å². The van der Waals surface area contributed by atoms with E-state index in [1.165, 1.54) is 0 Å².